The summed E-state index contributed by atoms with van der Waals surface area (Å²) in [6.07, 6.45) is 0.910. The van der Waals surface area contributed by atoms with E-state index in [1.807, 2.05) is 26.0 Å². The van der Waals surface area contributed by atoms with Crippen molar-refractivity contribution in [1.82, 2.24) is 5.32 Å². The van der Waals surface area contributed by atoms with Gasteiger partial charge in [-0.15, -0.1) is 0 Å². The molecule has 1 aromatic carbocycles. The third kappa shape index (κ3) is 2.86. The quantitative estimate of drug-likeness (QED) is 0.778. The van der Waals surface area contributed by atoms with Gasteiger partial charge in [-0.05, 0) is 17.2 Å². The Morgan fingerprint density at radius 2 is 2.16 bits per heavy atom. The number of hydrogen-bond donors (Lipinski definition) is 2. The predicted molar refractivity (Wildman–Crippen MR) is 70.9 cm³/mol. The fraction of sp³-hybridized carbons (Fsp3) is 0.429. The summed E-state index contributed by atoms with van der Waals surface area (Å²) in [7, 11) is 0. The van der Waals surface area contributed by atoms with Gasteiger partial charge in [0, 0.05) is 18.4 Å². The number of amides is 2. The molecule has 19 heavy (non-hydrogen) atoms. The lowest BCUT2D eigenvalue weighted by atomic mass is 9.83. The number of nitrogens with two attached hydrogens (primary N) is 1. The standard InChI is InChI=1S/C14H18N2O3/c1-14(2,8-16-13(18)12(15)17)10-3-4-11-9(7-10)5-6-19-11/h3-4,7H,5-6,8H2,1-2H3,(H2,15,17)(H,16,18). The Labute approximate surface area is 112 Å². The molecule has 0 aromatic heterocycles. The van der Waals surface area contributed by atoms with Crippen LogP contribution in [0.5, 0.6) is 5.75 Å². The summed E-state index contributed by atoms with van der Waals surface area (Å²) in [6, 6.07) is 6.04. The fourth-order valence-electron chi connectivity index (χ4n) is 2.10. The molecule has 102 valence electrons. The molecule has 5 nitrogen and oxygen atoms in total. The molecule has 2 amide bonds. The Bertz CT molecular complexity index is 523. The molecular weight excluding hydrogens is 244 g/mol. The van der Waals surface area contributed by atoms with Crippen LogP contribution in [0.1, 0.15) is 25.0 Å². The summed E-state index contributed by atoms with van der Waals surface area (Å²) < 4.78 is 5.46. The van der Waals surface area contributed by atoms with E-state index in [1.165, 1.54) is 5.56 Å². The molecule has 1 heterocycles. The molecule has 1 aromatic rings. The Morgan fingerprint density at radius 1 is 1.42 bits per heavy atom. The maximum absolute atomic E-state index is 11.2. The van der Waals surface area contributed by atoms with Gasteiger partial charge in [0.2, 0.25) is 0 Å². The van der Waals surface area contributed by atoms with Crippen molar-refractivity contribution < 1.29 is 14.3 Å². The monoisotopic (exact) mass is 262 g/mol. The van der Waals surface area contributed by atoms with Crippen LogP contribution in [0.25, 0.3) is 0 Å². The van der Waals surface area contributed by atoms with E-state index in [-0.39, 0.29) is 5.41 Å². The zero-order chi connectivity index (χ0) is 14.0. The molecular formula is C14H18N2O3. The molecule has 1 aliphatic rings. The first-order valence-corrected chi connectivity index (χ1v) is 6.24. The molecule has 2 rings (SSSR count). The summed E-state index contributed by atoms with van der Waals surface area (Å²) in [5, 5.41) is 2.54. The third-order valence-electron chi connectivity index (χ3n) is 3.39. The minimum atomic E-state index is -0.960. The normalized spacial score (nSPS) is 13.6. The average molecular weight is 262 g/mol. The molecule has 0 aliphatic carbocycles. The van der Waals surface area contributed by atoms with Crippen molar-refractivity contribution >= 4 is 11.8 Å². The van der Waals surface area contributed by atoms with Crippen LogP contribution in [0.3, 0.4) is 0 Å². The van der Waals surface area contributed by atoms with Crippen molar-refractivity contribution in [2.24, 2.45) is 5.73 Å². The molecule has 0 radical (unpaired) electrons. The van der Waals surface area contributed by atoms with Gasteiger partial charge in [-0.2, -0.15) is 0 Å². The van der Waals surface area contributed by atoms with Crippen molar-refractivity contribution in [3.05, 3.63) is 29.3 Å². The number of carbonyl (C=O) groups excluding carboxylic acids is 2. The van der Waals surface area contributed by atoms with Gasteiger partial charge < -0.3 is 15.8 Å². The summed E-state index contributed by atoms with van der Waals surface area (Å²) >= 11 is 0. The number of benzene rings is 1. The van der Waals surface area contributed by atoms with E-state index in [0.29, 0.717) is 6.54 Å². The zero-order valence-corrected chi connectivity index (χ0v) is 11.2. The van der Waals surface area contributed by atoms with Crippen molar-refractivity contribution in [3.8, 4) is 5.75 Å². The largest absolute Gasteiger partial charge is 0.493 e. The molecule has 0 fully saturated rings. The van der Waals surface area contributed by atoms with Crippen LogP contribution >= 0.6 is 0 Å². The molecule has 0 saturated heterocycles. The van der Waals surface area contributed by atoms with E-state index in [2.05, 4.69) is 11.4 Å². The lowest BCUT2D eigenvalue weighted by Crippen LogP contribution is -2.42. The molecule has 5 heteroatoms. The van der Waals surface area contributed by atoms with Gasteiger partial charge in [0.25, 0.3) is 0 Å². The average Bonchev–Trinajstić information content (AvgIpc) is 2.82. The summed E-state index contributed by atoms with van der Waals surface area (Å²) in [5.41, 5.74) is 6.92. The van der Waals surface area contributed by atoms with Crippen LogP contribution in [0, 0.1) is 0 Å². The minimum Gasteiger partial charge on any atom is -0.493 e. The molecule has 1 aliphatic heterocycles. The Hall–Kier alpha value is -2.04. The second-order valence-electron chi connectivity index (χ2n) is 5.35. The van der Waals surface area contributed by atoms with Gasteiger partial charge in [0.1, 0.15) is 5.75 Å². The Morgan fingerprint density at radius 3 is 2.84 bits per heavy atom. The number of fused-ring (bicyclic) bond motifs is 1. The molecule has 0 spiro atoms. The van der Waals surface area contributed by atoms with Crippen LogP contribution in [0.4, 0.5) is 0 Å². The van der Waals surface area contributed by atoms with Gasteiger partial charge in [-0.25, -0.2) is 0 Å². The first kappa shape index (κ1) is 13.4. The van der Waals surface area contributed by atoms with Crippen LogP contribution in [-0.2, 0) is 21.4 Å². The van der Waals surface area contributed by atoms with Gasteiger partial charge in [0.05, 0.1) is 6.61 Å². The van der Waals surface area contributed by atoms with Crippen molar-refractivity contribution in [3.63, 3.8) is 0 Å². The van der Waals surface area contributed by atoms with Crippen molar-refractivity contribution in [1.29, 1.82) is 0 Å². The number of ether oxygens (including phenoxy) is 1. The van der Waals surface area contributed by atoms with Crippen LogP contribution < -0.4 is 15.8 Å². The molecule has 0 atom stereocenters. The smallest absolute Gasteiger partial charge is 0.309 e. The van der Waals surface area contributed by atoms with E-state index >= 15 is 0 Å². The van der Waals surface area contributed by atoms with E-state index in [9.17, 15) is 9.59 Å². The maximum Gasteiger partial charge on any atom is 0.309 e. The third-order valence-corrected chi connectivity index (χ3v) is 3.39. The second-order valence-corrected chi connectivity index (χ2v) is 5.35. The fourth-order valence-corrected chi connectivity index (χ4v) is 2.10. The van der Waals surface area contributed by atoms with Gasteiger partial charge >= 0.3 is 11.8 Å². The number of hydrogen-bond acceptors (Lipinski definition) is 3. The number of carbonyl (C=O) groups is 2. The number of primary amides is 1. The maximum atomic E-state index is 11.2. The van der Waals surface area contributed by atoms with Crippen molar-refractivity contribution in [2.45, 2.75) is 25.7 Å². The zero-order valence-electron chi connectivity index (χ0n) is 11.2. The van der Waals surface area contributed by atoms with E-state index < -0.39 is 11.8 Å². The lowest BCUT2D eigenvalue weighted by Gasteiger charge is -2.25. The van der Waals surface area contributed by atoms with E-state index in [1.54, 1.807) is 0 Å². The van der Waals surface area contributed by atoms with E-state index in [0.717, 1.165) is 24.3 Å². The summed E-state index contributed by atoms with van der Waals surface area (Å²) in [5.74, 6) is -0.781. The minimum absolute atomic E-state index is 0.275. The molecule has 0 unspecified atom stereocenters. The van der Waals surface area contributed by atoms with Crippen LogP contribution in [-0.4, -0.2) is 25.0 Å². The highest BCUT2D eigenvalue weighted by Crippen LogP contribution is 2.31. The molecule has 0 saturated carbocycles. The highest BCUT2D eigenvalue weighted by atomic mass is 16.5. The number of nitrogens with one attached hydrogen (secondary N) is 1. The first-order chi connectivity index (χ1) is 8.90. The molecule has 3 N–H and O–H groups in total. The van der Waals surface area contributed by atoms with Crippen LogP contribution in [0.15, 0.2) is 18.2 Å². The SMILES string of the molecule is CC(C)(CNC(=O)C(N)=O)c1ccc2c(c1)CCO2. The summed E-state index contributed by atoms with van der Waals surface area (Å²) in [4.78, 5) is 21.9. The summed E-state index contributed by atoms with van der Waals surface area (Å²) in [6.45, 7) is 5.09. The predicted octanol–water partition coefficient (Wildman–Crippen LogP) is 0.501. The van der Waals surface area contributed by atoms with Gasteiger partial charge in [-0.3, -0.25) is 9.59 Å². The Kier molecular flexibility index (Phi) is 3.46. The van der Waals surface area contributed by atoms with Gasteiger partial charge in [0.15, 0.2) is 0 Å². The lowest BCUT2D eigenvalue weighted by molar-refractivity contribution is -0.137. The van der Waals surface area contributed by atoms with Crippen molar-refractivity contribution in [2.75, 3.05) is 13.2 Å². The Balaban J connectivity index is 2.11. The first-order valence-electron chi connectivity index (χ1n) is 6.24. The van der Waals surface area contributed by atoms with E-state index in [4.69, 9.17) is 10.5 Å². The number of rotatable bonds is 3. The molecule has 0 bridgehead atoms. The topological polar surface area (TPSA) is 81.4 Å². The highest BCUT2D eigenvalue weighted by Gasteiger charge is 2.24. The van der Waals surface area contributed by atoms with Gasteiger partial charge in [-0.1, -0.05) is 26.0 Å². The second kappa shape index (κ2) is 4.91. The van der Waals surface area contributed by atoms with Crippen LogP contribution in [0.2, 0.25) is 0 Å². The highest BCUT2D eigenvalue weighted by molar-refractivity contribution is 6.34.